The van der Waals surface area contributed by atoms with Crippen LogP contribution in [0.5, 0.6) is 0 Å². The first-order chi connectivity index (χ1) is 11.5. The normalized spacial score (nSPS) is 23.9. The molecule has 0 heterocycles. The minimum absolute atomic E-state index is 0.0376. The van der Waals surface area contributed by atoms with Gasteiger partial charge in [-0.25, -0.2) is 0 Å². The summed E-state index contributed by atoms with van der Waals surface area (Å²) in [5.74, 6) is -1.95. The Morgan fingerprint density at radius 3 is 2.17 bits per heavy atom. The molecular weight excluding hydrogens is 308 g/mol. The van der Waals surface area contributed by atoms with Gasteiger partial charge in [0.15, 0.2) is 5.79 Å². The van der Waals surface area contributed by atoms with Gasteiger partial charge in [0.1, 0.15) is 11.7 Å². The third-order valence-electron chi connectivity index (χ3n) is 4.96. The Balaban J connectivity index is 3.13. The van der Waals surface area contributed by atoms with Crippen LogP contribution in [0.15, 0.2) is 0 Å². The third-order valence-corrected chi connectivity index (χ3v) is 4.96. The van der Waals surface area contributed by atoms with Crippen molar-refractivity contribution in [1.82, 2.24) is 0 Å². The number of esters is 1. The molecule has 0 bridgehead atoms. The van der Waals surface area contributed by atoms with Crippen LogP contribution in [0.4, 0.5) is 0 Å². The summed E-state index contributed by atoms with van der Waals surface area (Å²) in [7, 11) is 0. The van der Waals surface area contributed by atoms with E-state index in [2.05, 4.69) is 6.92 Å². The number of carbonyl (C=O) groups excluding carboxylic acids is 2. The summed E-state index contributed by atoms with van der Waals surface area (Å²) >= 11 is 0. The van der Waals surface area contributed by atoms with Crippen molar-refractivity contribution in [3.05, 3.63) is 0 Å². The molecule has 1 fully saturated rings. The van der Waals surface area contributed by atoms with Crippen molar-refractivity contribution in [2.75, 3.05) is 19.8 Å². The van der Waals surface area contributed by atoms with Crippen LogP contribution in [0.25, 0.3) is 0 Å². The van der Waals surface area contributed by atoms with E-state index in [0.29, 0.717) is 13.2 Å². The lowest BCUT2D eigenvalue weighted by molar-refractivity contribution is -0.258. The van der Waals surface area contributed by atoms with Gasteiger partial charge in [0.2, 0.25) is 0 Å². The first-order valence-electron chi connectivity index (χ1n) is 9.42. The van der Waals surface area contributed by atoms with Gasteiger partial charge < -0.3 is 14.2 Å². The summed E-state index contributed by atoms with van der Waals surface area (Å²) in [6, 6.07) is 0. The molecule has 0 aromatic heterocycles. The van der Waals surface area contributed by atoms with Crippen LogP contribution in [-0.2, 0) is 23.8 Å². The highest BCUT2D eigenvalue weighted by Gasteiger charge is 2.54. The summed E-state index contributed by atoms with van der Waals surface area (Å²) in [5.41, 5.74) is 0. The van der Waals surface area contributed by atoms with E-state index in [1.807, 2.05) is 13.8 Å². The molecule has 140 valence electrons. The summed E-state index contributed by atoms with van der Waals surface area (Å²) in [6.45, 7) is 10.7. The van der Waals surface area contributed by atoms with Gasteiger partial charge in [0.25, 0.3) is 0 Å². The van der Waals surface area contributed by atoms with E-state index >= 15 is 0 Å². The molecule has 0 amide bonds. The van der Waals surface area contributed by atoms with Crippen LogP contribution in [0.1, 0.15) is 66.7 Å². The number of Topliss-reactive ketones (excluding diaryl/α,β-unsaturated/α-hetero) is 1. The van der Waals surface area contributed by atoms with Crippen molar-refractivity contribution in [2.45, 2.75) is 72.5 Å². The Morgan fingerprint density at radius 1 is 1.08 bits per heavy atom. The first-order valence-corrected chi connectivity index (χ1v) is 9.42. The first kappa shape index (κ1) is 21.1. The van der Waals surface area contributed by atoms with E-state index in [9.17, 15) is 9.59 Å². The second-order valence-corrected chi connectivity index (χ2v) is 6.47. The monoisotopic (exact) mass is 342 g/mol. The maximum Gasteiger partial charge on any atom is 0.316 e. The predicted molar refractivity (Wildman–Crippen MR) is 92.5 cm³/mol. The zero-order valence-corrected chi connectivity index (χ0v) is 15.9. The molecule has 0 radical (unpaired) electrons. The van der Waals surface area contributed by atoms with E-state index in [1.165, 1.54) is 6.92 Å². The molecule has 3 unspecified atom stereocenters. The fourth-order valence-corrected chi connectivity index (χ4v) is 4.10. The average molecular weight is 342 g/mol. The van der Waals surface area contributed by atoms with E-state index in [1.54, 1.807) is 6.92 Å². The van der Waals surface area contributed by atoms with Gasteiger partial charge in [0.05, 0.1) is 6.61 Å². The van der Waals surface area contributed by atoms with E-state index in [-0.39, 0.29) is 24.2 Å². The topological polar surface area (TPSA) is 61.8 Å². The Hall–Kier alpha value is -0.940. The second-order valence-electron chi connectivity index (χ2n) is 6.47. The third kappa shape index (κ3) is 4.79. The molecule has 5 nitrogen and oxygen atoms in total. The van der Waals surface area contributed by atoms with Crippen molar-refractivity contribution >= 4 is 11.8 Å². The molecule has 0 aromatic carbocycles. The van der Waals surface area contributed by atoms with Crippen LogP contribution < -0.4 is 0 Å². The lowest BCUT2D eigenvalue weighted by Crippen LogP contribution is -2.44. The van der Waals surface area contributed by atoms with Crippen molar-refractivity contribution in [2.24, 2.45) is 17.8 Å². The van der Waals surface area contributed by atoms with Crippen molar-refractivity contribution in [1.29, 1.82) is 0 Å². The van der Waals surface area contributed by atoms with E-state index < -0.39 is 17.7 Å². The van der Waals surface area contributed by atoms with E-state index in [0.717, 1.165) is 32.1 Å². The number of rotatable bonds is 11. The molecule has 1 aliphatic carbocycles. The standard InChI is InChI=1S/C19H34O5/c1-6-10-11-16-15(17(14(5)20)18(21)22-7-2)12-13-19(16,23-8-3)24-9-4/h15-17H,6-13H2,1-5H3. The lowest BCUT2D eigenvalue weighted by atomic mass is 9.78. The van der Waals surface area contributed by atoms with Gasteiger partial charge in [-0.05, 0) is 46.5 Å². The molecule has 3 atom stereocenters. The molecular formula is C19H34O5. The number of unbranched alkanes of at least 4 members (excludes halogenated alkanes) is 1. The highest BCUT2D eigenvalue weighted by atomic mass is 16.7. The Kier molecular flexibility index (Phi) is 8.92. The van der Waals surface area contributed by atoms with Gasteiger partial charge in [0, 0.05) is 25.6 Å². The molecule has 5 heteroatoms. The Labute approximate surface area is 146 Å². The molecule has 1 rings (SSSR count). The highest BCUT2D eigenvalue weighted by molar-refractivity contribution is 5.98. The summed E-state index contributed by atoms with van der Waals surface area (Å²) in [6.07, 6.45) is 4.44. The zero-order chi connectivity index (χ0) is 18.2. The summed E-state index contributed by atoms with van der Waals surface area (Å²) in [4.78, 5) is 24.6. The van der Waals surface area contributed by atoms with Crippen LogP contribution in [0, 0.1) is 17.8 Å². The molecule has 1 saturated carbocycles. The lowest BCUT2D eigenvalue weighted by Gasteiger charge is -2.38. The van der Waals surface area contributed by atoms with Gasteiger partial charge >= 0.3 is 5.97 Å². The van der Waals surface area contributed by atoms with Crippen LogP contribution in [-0.4, -0.2) is 37.4 Å². The smallest absolute Gasteiger partial charge is 0.316 e. The van der Waals surface area contributed by atoms with Crippen molar-refractivity contribution < 1.29 is 23.8 Å². The van der Waals surface area contributed by atoms with Gasteiger partial charge in [-0.15, -0.1) is 0 Å². The van der Waals surface area contributed by atoms with Crippen LogP contribution in [0.3, 0.4) is 0 Å². The Morgan fingerprint density at radius 2 is 1.71 bits per heavy atom. The quantitative estimate of drug-likeness (QED) is 0.325. The molecule has 0 saturated heterocycles. The summed E-state index contributed by atoms with van der Waals surface area (Å²) in [5, 5.41) is 0. The highest BCUT2D eigenvalue weighted by Crippen LogP contribution is 2.49. The number of hydrogen-bond donors (Lipinski definition) is 0. The minimum Gasteiger partial charge on any atom is -0.465 e. The fourth-order valence-electron chi connectivity index (χ4n) is 4.10. The van der Waals surface area contributed by atoms with Gasteiger partial charge in [-0.2, -0.15) is 0 Å². The molecule has 0 aromatic rings. The number of hydrogen-bond acceptors (Lipinski definition) is 5. The predicted octanol–water partition coefficient (Wildman–Crippen LogP) is 3.74. The number of carbonyl (C=O) groups is 2. The maximum atomic E-state index is 12.4. The zero-order valence-electron chi connectivity index (χ0n) is 15.9. The average Bonchev–Trinajstić information content (AvgIpc) is 2.84. The molecule has 0 spiro atoms. The SMILES string of the molecule is CCCCC1C(C(C(C)=O)C(=O)OCC)CCC1(OCC)OCC. The molecule has 24 heavy (non-hydrogen) atoms. The fraction of sp³-hybridized carbons (Fsp3) is 0.895. The number of ketones is 1. The van der Waals surface area contributed by atoms with Crippen LogP contribution in [0.2, 0.25) is 0 Å². The van der Waals surface area contributed by atoms with Gasteiger partial charge in [-0.1, -0.05) is 19.8 Å². The minimum atomic E-state index is -0.713. The second kappa shape index (κ2) is 10.1. The largest absolute Gasteiger partial charge is 0.465 e. The molecule has 1 aliphatic rings. The van der Waals surface area contributed by atoms with Crippen molar-refractivity contribution in [3.63, 3.8) is 0 Å². The van der Waals surface area contributed by atoms with Gasteiger partial charge in [-0.3, -0.25) is 9.59 Å². The molecule has 0 aliphatic heterocycles. The molecule has 0 N–H and O–H groups in total. The van der Waals surface area contributed by atoms with Crippen molar-refractivity contribution in [3.8, 4) is 0 Å². The number of ether oxygens (including phenoxy) is 3. The van der Waals surface area contributed by atoms with Crippen LogP contribution >= 0.6 is 0 Å². The summed E-state index contributed by atoms with van der Waals surface area (Å²) < 4.78 is 17.3. The Bertz CT molecular complexity index is 401. The van der Waals surface area contributed by atoms with E-state index in [4.69, 9.17) is 14.2 Å². The maximum absolute atomic E-state index is 12.4.